The molecule has 0 aliphatic rings. The summed E-state index contributed by atoms with van der Waals surface area (Å²) < 4.78 is 0. The SMILES string of the molecule is c1ccc(-c2ccc3c(-c4ccc(-c5ccccn5)cn4)c4cc(-c5ccccc5)ccc4c(-c4ccc(-c5ccccn5)cn4)c3c2)cc1. The molecular weight excluding hydrogens is 609 g/mol. The maximum atomic E-state index is 5.09. The number of aromatic nitrogens is 4. The third-order valence-corrected chi connectivity index (χ3v) is 9.29. The standard InChI is InChI=1S/C46H30N4/c1-3-11-31(12-4-1)33-17-21-37-39(27-33)45(43-23-19-35(29-49-43)41-15-7-9-25-47-41)38-22-18-34(32-13-5-2-6-14-32)28-40(38)46(37)44-24-20-36(30-50-44)42-16-8-10-26-48-42/h1-30H. The molecule has 0 fully saturated rings. The van der Waals surface area contributed by atoms with Crippen molar-refractivity contribution < 1.29 is 0 Å². The number of benzene rings is 5. The fourth-order valence-corrected chi connectivity index (χ4v) is 6.85. The Morgan fingerprint density at radius 2 is 0.680 bits per heavy atom. The summed E-state index contributed by atoms with van der Waals surface area (Å²) in [5, 5.41) is 4.47. The van der Waals surface area contributed by atoms with Gasteiger partial charge in [0, 0.05) is 47.0 Å². The van der Waals surface area contributed by atoms with Crippen LogP contribution in [0.4, 0.5) is 0 Å². The monoisotopic (exact) mass is 638 g/mol. The number of hydrogen-bond acceptors (Lipinski definition) is 4. The molecule has 0 spiro atoms. The summed E-state index contributed by atoms with van der Waals surface area (Å²) in [6, 6.07) is 55.0. The van der Waals surface area contributed by atoms with Gasteiger partial charge in [0.05, 0.1) is 22.8 Å². The van der Waals surface area contributed by atoms with Crippen molar-refractivity contribution >= 4 is 21.5 Å². The molecule has 0 aliphatic carbocycles. The number of hydrogen-bond donors (Lipinski definition) is 0. The highest BCUT2D eigenvalue weighted by Gasteiger charge is 2.20. The van der Waals surface area contributed by atoms with Crippen molar-refractivity contribution in [1.82, 2.24) is 19.9 Å². The van der Waals surface area contributed by atoms with Gasteiger partial charge in [0.1, 0.15) is 0 Å². The minimum atomic E-state index is 0.899. The lowest BCUT2D eigenvalue weighted by Crippen LogP contribution is -1.95. The smallest absolute Gasteiger partial charge is 0.0717 e. The van der Waals surface area contributed by atoms with Gasteiger partial charge in [0.15, 0.2) is 0 Å². The average Bonchev–Trinajstić information content (AvgIpc) is 3.21. The molecule has 0 unspecified atom stereocenters. The molecule has 5 aromatic carbocycles. The number of fused-ring (bicyclic) bond motifs is 2. The molecule has 4 aromatic heterocycles. The first-order valence-electron chi connectivity index (χ1n) is 16.7. The maximum Gasteiger partial charge on any atom is 0.0717 e. The topological polar surface area (TPSA) is 51.6 Å². The maximum absolute atomic E-state index is 5.09. The highest BCUT2D eigenvalue weighted by Crippen LogP contribution is 2.45. The van der Waals surface area contributed by atoms with E-state index in [0.29, 0.717) is 0 Å². The summed E-state index contributed by atoms with van der Waals surface area (Å²) in [7, 11) is 0. The van der Waals surface area contributed by atoms with Crippen LogP contribution in [0.1, 0.15) is 0 Å². The molecule has 0 saturated heterocycles. The zero-order valence-corrected chi connectivity index (χ0v) is 27.1. The van der Waals surface area contributed by atoms with Crippen LogP contribution >= 0.6 is 0 Å². The molecule has 234 valence electrons. The first-order chi connectivity index (χ1) is 24.8. The van der Waals surface area contributed by atoms with E-state index in [4.69, 9.17) is 9.97 Å². The van der Waals surface area contributed by atoms with Crippen LogP contribution in [0.3, 0.4) is 0 Å². The van der Waals surface area contributed by atoms with Crippen molar-refractivity contribution in [2.45, 2.75) is 0 Å². The van der Waals surface area contributed by atoms with Crippen LogP contribution in [0.5, 0.6) is 0 Å². The van der Waals surface area contributed by atoms with Crippen molar-refractivity contribution in [3.05, 3.63) is 183 Å². The average molecular weight is 639 g/mol. The molecule has 4 heteroatoms. The van der Waals surface area contributed by atoms with Gasteiger partial charge in [-0.3, -0.25) is 19.9 Å². The summed E-state index contributed by atoms with van der Waals surface area (Å²) >= 11 is 0. The lowest BCUT2D eigenvalue weighted by Gasteiger charge is -2.19. The minimum absolute atomic E-state index is 0.899. The van der Waals surface area contributed by atoms with Gasteiger partial charge in [0.25, 0.3) is 0 Å². The zero-order chi connectivity index (χ0) is 33.3. The second kappa shape index (κ2) is 12.7. The molecule has 9 rings (SSSR count). The predicted octanol–water partition coefficient (Wildman–Crippen LogP) is 11.6. The molecule has 0 saturated carbocycles. The van der Waals surface area contributed by atoms with Gasteiger partial charge < -0.3 is 0 Å². The van der Waals surface area contributed by atoms with Gasteiger partial charge in [-0.1, -0.05) is 97.1 Å². The van der Waals surface area contributed by atoms with Crippen LogP contribution in [0.15, 0.2) is 183 Å². The lowest BCUT2D eigenvalue weighted by molar-refractivity contribution is 1.28. The Balaban J connectivity index is 1.34. The molecule has 9 aromatic rings. The molecular formula is C46H30N4. The molecule has 0 atom stereocenters. The van der Waals surface area contributed by atoms with Gasteiger partial charge in [-0.25, -0.2) is 0 Å². The van der Waals surface area contributed by atoms with E-state index >= 15 is 0 Å². The van der Waals surface area contributed by atoms with E-state index in [1.54, 1.807) is 0 Å². The Morgan fingerprint density at radius 3 is 1.06 bits per heavy atom. The normalized spacial score (nSPS) is 11.2. The number of pyridine rings is 4. The first kappa shape index (κ1) is 29.4. The van der Waals surface area contributed by atoms with Crippen LogP contribution < -0.4 is 0 Å². The number of nitrogens with zero attached hydrogens (tertiary/aromatic N) is 4. The fraction of sp³-hybridized carbons (Fsp3) is 0. The van der Waals surface area contributed by atoms with Crippen LogP contribution in [0, 0.1) is 0 Å². The second-order valence-electron chi connectivity index (χ2n) is 12.3. The van der Waals surface area contributed by atoms with Crippen LogP contribution in [-0.2, 0) is 0 Å². The Morgan fingerprint density at radius 1 is 0.260 bits per heavy atom. The van der Waals surface area contributed by atoms with Crippen LogP contribution in [0.2, 0.25) is 0 Å². The molecule has 0 aliphatic heterocycles. The first-order valence-corrected chi connectivity index (χ1v) is 16.7. The van der Waals surface area contributed by atoms with Gasteiger partial charge in [-0.05, 0) is 104 Å². The lowest BCUT2D eigenvalue weighted by atomic mass is 9.86. The predicted molar refractivity (Wildman–Crippen MR) is 205 cm³/mol. The third-order valence-electron chi connectivity index (χ3n) is 9.29. The third kappa shape index (κ3) is 5.39. The van der Waals surface area contributed by atoms with E-state index in [1.165, 1.54) is 0 Å². The zero-order valence-electron chi connectivity index (χ0n) is 27.1. The fourth-order valence-electron chi connectivity index (χ4n) is 6.85. The molecule has 4 heterocycles. The summed E-state index contributed by atoms with van der Waals surface area (Å²) in [6.07, 6.45) is 7.49. The highest BCUT2D eigenvalue weighted by molar-refractivity contribution is 6.22. The highest BCUT2D eigenvalue weighted by atomic mass is 14.7. The number of rotatable bonds is 6. The molecule has 4 nitrogen and oxygen atoms in total. The molecule has 0 radical (unpaired) electrons. The van der Waals surface area contributed by atoms with Crippen LogP contribution in [-0.4, -0.2) is 19.9 Å². The molecule has 0 bridgehead atoms. The van der Waals surface area contributed by atoms with Gasteiger partial charge >= 0.3 is 0 Å². The van der Waals surface area contributed by atoms with E-state index in [2.05, 4.69) is 131 Å². The molecule has 0 amide bonds. The quantitative estimate of drug-likeness (QED) is 0.170. The van der Waals surface area contributed by atoms with E-state index in [0.717, 1.165) is 88.8 Å². The van der Waals surface area contributed by atoms with Gasteiger partial charge in [0.2, 0.25) is 0 Å². The van der Waals surface area contributed by atoms with Crippen molar-refractivity contribution in [2.75, 3.05) is 0 Å². The van der Waals surface area contributed by atoms with Crippen LogP contribution in [0.25, 0.3) is 88.8 Å². The second-order valence-corrected chi connectivity index (χ2v) is 12.3. The van der Waals surface area contributed by atoms with E-state index in [9.17, 15) is 0 Å². The molecule has 0 N–H and O–H groups in total. The van der Waals surface area contributed by atoms with Crippen molar-refractivity contribution in [2.24, 2.45) is 0 Å². The Kier molecular flexibility index (Phi) is 7.45. The van der Waals surface area contributed by atoms with Gasteiger partial charge in [-0.2, -0.15) is 0 Å². The van der Waals surface area contributed by atoms with Crippen molar-refractivity contribution in [3.8, 4) is 67.3 Å². The largest absolute Gasteiger partial charge is 0.256 e. The van der Waals surface area contributed by atoms with Gasteiger partial charge in [-0.15, -0.1) is 0 Å². The van der Waals surface area contributed by atoms with Crippen molar-refractivity contribution in [3.63, 3.8) is 0 Å². The van der Waals surface area contributed by atoms with E-state index < -0.39 is 0 Å². The summed E-state index contributed by atoms with van der Waals surface area (Å²) in [5.41, 5.74) is 12.4. The molecule has 50 heavy (non-hydrogen) atoms. The summed E-state index contributed by atoms with van der Waals surface area (Å²) in [4.78, 5) is 19.3. The van der Waals surface area contributed by atoms with E-state index in [1.807, 2.05) is 61.2 Å². The van der Waals surface area contributed by atoms with Crippen molar-refractivity contribution in [1.29, 1.82) is 0 Å². The van der Waals surface area contributed by atoms with E-state index in [-0.39, 0.29) is 0 Å². The Labute approximate surface area is 290 Å². The Bertz CT molecular complexity index is 2400. The minimum Gasteiger partial charge on any atom is -0.256 e. The summed E-state index contributed by atoms with van der Waals surface area (Å²) in [6.45, 7) is 0. The Hall–Kier alpha value is -6.78. The summed E-state index contributed by atoms with van der Waals surface area (Å²) in [5.74, 6) is 0.